The quantitative estimate of drug-likeness (QED) is 0.584. The first-order valence-electron chi connectivity index (χ1n) is 5.70. The van der Waals surface area contributed by atoms with Crippen LogP contribution in [-0.4, -0.2) is 25.5 Å². The molecule has 0 fully saturated rings. The van der Waals surface area contributed by atoms with E-state index in [4.69, 9.17) is 4.74 Å². The molecule has 0 bridgehead atoms. The summed E-state index contributed by atoms with van der Waals surface area (Å²) in [5.74, 6) is 1.02. The Morgan fingerprint density at radius 2 is 1.94 bits per heavy atom. The van der Waals surface area contributed by atoms with Gasteiger partial charge in [-0.25, -0.2) is 0 Å². The highest BCUT2D eigenvalue weighted by molar-refractivity contribution is 7.99. The molecule has 0 heterocycles. The lowest BCUT2D eigenvalue weighted by Crippen LogP contribution is -2.05. The molecule has 0 aliphatic rings. The average Bonchev–Trinajstić information content (AvgIpc) is 2.27. The molecule has 0 aliphatic heterocycles. The lowest BCUT2D eigenvalue weighted by Gasteiger charge is -2.07. The van der Waals surface area contributed by atoms with Crippen LogP contribution in [0.5, 0.6) is 0 Å². The van der Waals surface area contributed by atoms with Crippen molar-refractivity contribution in [2.45, 2.75) is 31.4 Å². The molecule has 0 saturated heterocycles. The summed E-state index contributed by atoms with van der Waals surface area (Å²) >= 11 is 1.84. The predicted octanol–water partition coefficient (Wildman–Crippen LogP) is 2.92. The van der Waals surface area contributed by atoms with Crippen molar-refractivity contribution in [1.82, 2.24) is 5.32 Å². The minimum atomic E-state index is 0.332. The molecule has 3 heteroatoms. The van der Waals surface area contributed by atoms with Crippen molar-refractivity contribution in [2.75, 3.05) is 19.4 Å². The van der Waals surface area contributed by atoms with E-state index in [0.717, 1.165) is 18.9 Å². The number of hydrogen-bond acceptors (Lipinski definition) is 3. The summed E-state index contributed by atoms with van der Waals surface area (Å²) < 4.78 is 5.50. The lowest BCUT2D eigenvalue weighted by atomic mass is 10.2. The molecule has 1 aromatic carbocycles. The molecular weight excluding hydrogens is 218 g/mol. The van der Waals surface area contributed by atoms with Gasteiger partial charge in [0.15, 0.2) is 0 Å². The maximum absolute atomic E-state index is 5.50. The second-order valence-electron chi connectivity index (χ2n) is 3.94. The number of rotatable bonds is 7. The number of thioether (sulfide) groups is 1. The van der Waals surface area contributed by atoms with Crippen molar-refractivity contribution in [1.29, 1.82) is 0 Å². The maximum atomic E-state index is 5.50. The van der Waals surface area contributed by atoms with Gasteiger partial charge < -0.3 is 10.1 Å². The zero-order chi connectivity index (χ0) is 11.8. The topological polar surface area (TPSA) is 21.3 Å². The monoisotopic (exact) mass is 239 g/mol. The Morgan fingerprint density at radius 3 is 2.50 bits per heavy atom. The van der Waals surface area contributed by atoms with Crippen molar-refractivity contribution in [3.05, 3.63) is 29.8 Å². The second-order valence-corrected chi connectivity index (χ2v) is 5.11. The van der Waals surface area contributed by atoms with E-state index in [9.17, 15) is 0 Å². The number of benzene rings is 1. The molecule has 0 unspecified atom stereocenters. The standard InChI is InChI=1S/C13H21NOS/c1-11(2)15-8-9-16-13-6-4-12(5-7-13)10-14-3/h4-7,11,14H,8-10H2,1-3H3. The zero-order valence-corrected chi connectivity index (χ0v) is 11.1. The fourth-order valence-corrected chi connectivity index (χ4v) is 2.09. The van der Waals surface area contributed by atoms with Crippen LogP contribution in [-0.2, 0) is 11.3 Å². The smallest absolute Gasteiger partial charge is 0.0563 e. The van der Waals surface area contributed by atoms with Gasteiger partial charge >= 0.3 is 0 Å². The first-order valence-corrected chi connectivity index (χ1v) is 6.69. The Kier molecular flexibility index (Phi) is 6.53. The normalized spacial score (nSPS) is 11.0. The highest BCUT2D eigenvalue weighted by atomic mass is 32.2. The number of nitrogens with one attached hydrogen (secondary N) is 1. The van der Waals surface area contributed by atoms with Gasteiger partial charge in [0, 0.05) is 17.2 Å². The lowest BCUT2D eigenvalue weighted by molar-refractivity contribution is 0.0920. The van der Waals surface area contributed by atoms with Crippen molar-refractivity contribution in [3.63, 3.8) is 0 Å². The summed E-state index contributed by atoms with van der Waals surface area (Å²) in [7, 11) is 1.96. The van der Waals surface area contributed by atoms with E-state index in [-0.39, 0.29) is 0 Å². The van der Waals surface area contributed by atoms with Crippen LogP contribution < -0.4 is 5.32 Å². The molecule has 1 rings (SSSR count). The Morgan fingerprint density at radius 1 is 1.25 bits per heavy atom. The van der Waals surface area contributed by atoms with Crippen LogP contribution in [0, 0.1) is 0 Å². The highest BCUT2D eigenvalue weighted by Crippen LogP contribution is 2.18. The SMILES string of the molecule is CNCc1ccc(SCCOC(C)C)cc1. The molecule has 0 radical (unpaired) electrons. The summed E-state index contributed by atoms with van der Waals surface area (Å²) in [6.45, 7) is 5.89. The van der Waals surface area contributed by atoms with E-state index in [1.807, 2.05) is 18.8 Å². The third kappa shape index (κ3) is 5.54. The minimum absolute atomic E-state index is 0.332. The highest BCUT2D eigenvalue weighted by Gasteiger charge is 1.97. The third-order valence-electron chi connectivity index (χ3n) is 2.11. The molecule has 16 heavy (non-hydrogen) atoms. The van der Waals surface area contributed by atoms with Crippen molar-refractivity contribution in [2.24, 2.45) is 0 Å². The predicted molar refractivity (Wildman–Crippen MR) is 71.0 cm³/mol. The van der Waals surface area contributed by atoms with E-state index in [2.05, 4.69) is 43.4 Å². The summed E-state index contributed by atoms with van der Waals surface area (Å²) in [6, 6.07) is 8.68. The van der Waals surface area contributed by atoms with Crippen LogP contribution in [0.1, 0.15) is 19.4 Å². The Labute approximate surface area is 103 Å². The molecule has 2 nitrogen and oxygen atoms in total. The van der Waals surface area contributed by atoms with Gasteiger partial charge in [0.2, 0.25) is 0 Å². The summed E-state index contributed by atoms with van der Waals surface area (Å²) in [5.41, 5.74) is 1.32. The van der Waals surface area contributed by atoms with Crippen molar-refractivity contribution < 1.29 is 4.74 Å². The molecule has 1 aromatic rings. The minimum Gasteiger partial charge on any atom is -0.378 e. The van der Waals surface area contributed by atoms with E-state index in [0.29, 0.717) is 6.10 Å². The molecule has 0 saturated carbocycles. The summed E-state index contributed by atoms with van der Waals surface area (Å²) in [5, 5.41) is 3.14. The summed E-state index contributed by atoms with van der Waals surface area (Å²) in [6.07, 6.45) is 0.332. The number of ether oxygens (including phenoxy) is 1. The zero-order valence-electron chi connectivity index (χ0n) is 10.3. The largest absolute Gasteiger partial charge is 0.378 e. The molecule has 90 valence electrons. The molecule has 0 atom stereocenters. The molecule has 0 spiro atoms. The van der Waals surface area contributed by atoms with Crippen LogP contribution in [0.2, 0.25) is 0 Å². The van der Waals surface area contributed by atoms with Crippen LogP contribution in [0.15, 0.2) is 29.2 Å². The first-order chi connectivity index (χ1) is 7.72. The fraction of sp³-hybridized carbons (Fsp3) is 0.538. The van der Waals surface area contributed by atoms with E-state index in [1.54, 1.807) is 0 Å². The Bertz CT molecular complexity index is 284. The van der Waals surface area contributed by atoms with Crippen molar-refractivity contribution in [3.8, 4) is 0 Å². The van der Waals surface area contributed by atoms with Gasteiger partial charge in [-0.2, -0.15) is 0 Å². The van der Waals surface area contributed by atoms with Gasteiger partial charge in [0.05, 0.1) is 12.7 Å². The molecular formula is C13H21NOS. The van der Waals surface area contributed by atoms with Crippen LogP contribution in [0.4, 0.5) is 0 Å². The number of hydrogen-bond donors (Lipinski definition) is 1. The maximum Gasteiger partial charge on any atom is 0.0563 e. The molecule has 0 aliphatic carbocycles. The van der Waals surface area contributed by atoms with Gasteiger partial charge in [-0.15, -0.1) is 11.8 Å². The van der Waals surface area contributed by atoms with Gasteiger partial charge in [0.25, 0.3) is 0 Å². The van der Waals surface area contributed by atoms with Crippen LogP contribution >= 0.6 is 11.8 Å². The molecule has 0 aromatic heterocycles. The molecule has 0 amide bonds. The van der Waals surface area contributed by atoms with Gasteiger partial charge in [0.1, 0.15) is 0 Å². The first kappa shape index (κ1) is 13.6. The Balaban J connectivity index is 2.26. The second kappa shape index (κ2) is 7.71. The molecule has 1 N–H and O–H groups in total. The summed E-state index contributed by atoms with van der Waals surface area (Å²) in [4.78, 5) is 1.31. The van der Waals surface area contributed by atoms with Gasteiger partial charge in [-0.05, 0) is 38.6 Å². The fourth-order valence-electron chi connectivity index (χ4n) is 1.35. The van der Waals surface area contributed by atoms with Crippen molar-refractivity contribution >= 4 is 11.8 Å². The van der Waals surface area contributed by atoms with E-state index < -0.39 is 0 Å². The average molecular weight is 239 g/mol. The third-order valence-corrected chi connectivity index (χ3v) is 3.08. The van der Waals surface area contributed by atoms with E-state index >= 15 is 0 Å². The van der Waals surface area contributed by atoms with Gasteiger partial charge in [-0.1, -0.05) is 12.1 Å². The van der Waals surface area contributed by atoms with Crippen LogP contribution in [0.3, 0.4) is 0 Å². The van der Waals surface area contributed by atoms with Crippen LogP contribution in [0.25, 0.3) is 0 Å². The van der Waals surface area contributed by atoms with E-state index in [1.165, 1.54) is 10.5 Å². The Hall–Kier alpha value is -0.510. The van der Waals surface area contributed by atoms with Gasteiger partial charge in [-0.3, -0.25) is 0 Å².